The Morgan fingerprint density at radius 3 is 2.20 bits per heavy atom. The van der Waals surface area contributed by atoms with E-state index in [2.05, 4.69) is 144 Å². The molecule has 0 bridgehead atoms. The molecule has 1 heterocycles. The second-order valence-electron chi connectivity index (χ2n) is 10.5. The smallest absolute Gasteiger partial charge is 0.143 e. The van der Waals surface area contributed by atoms with Crippen LogP contribution < -0.4 is 4.90 Å². The fourth-order valence-electron chi connectivity index (χ4n) is 6.23. The van der Waals surface area contributed by atoms with E-state index >= 15 is 0 Å². The minimum Gasteiger partial charge on any atom is -0.455 e. The first kappa shape index (κ1) is 22.9. The Hall–Kier alpha value is -5.08. The van der Waals surface area contributed by atoms with Gasteiger partial charge in [-0.05, 0) is 71.1 Å². The van der Waals surface area contributed by atoms with Crippen molar-refractivity contribution in [2.75, 3.05) is 4.90 Å². The second-order valence-corrected chi connectivity index (χ2v) is 10.5. The molecule has 0 radical (unpaired) electrons. The average molecular weight is 514 g/mol. The van der Waals surface area contributed by atoms with Crippen molar-refractivity contribution >= 4 is 66.1 Å². The molecule has 0 aliphatic heterocycles. The largest absolute Gasteiger partial charge is 0.455 e. The molecule has 2 nitrogen and oxygen atoms in total. The molecule has 0 saturated carbocycles. The number of allylic oxidation sites excluding steroid dienone is 4. The molecule has 8 rings (SSSR count). The van der Waals surface area contributed by atoms with E-state index in [1.165, 1.54) is 32.7 Å². The number of anilines is 3. The first-order valence-electron chi connectivity index (χ1n) is 13.9. The van der Waals surface area contributed by atoms with E-state index in [4.69, 9.17) is 4.42 Å². The minimum absolute atomic E-state index is 0.897. The normalized spacial score (nSPS) is 13.3. The zero-order valence-electron chi connectivity index (χ0n) is 22.0. The molecule has 2 heteroatoms. The first-order valence-corrected chi connectivity index (χ1v) is 13.9. The first-order chi connectivity index (χ1) is 19.8. The lowest BCUT2D eigenvalue weighted by atomic mass is 9.91. The molecule has 190 valence electrons. The van der Waals surface area contributed by atoms with Crippen LogP contribution in [0.3, 0.4) is 0 Å². The van der Waals surface area contributed by atoms with Gasteiger partial charge in [0.2, 0.25) is 0 Å². The fraction of sp³-hybridized carbons (Fsp3) is 0.0526. The SMILES string of the molecule is C1=CCCC(c2cc3c4ccc(N(c5ccccc5)c5cccc6ccccc56)cc4oc3c3ccccc23)=C1. The molecule has 7 aromatic rings. The van der Waals surface area contributed by atoms with Crippen LogP contribution in [0.5, 0.6) is 0 Å². The van der Waals surface area contributed by atoms with Crippen molar-refractivity contribution in [1.29, 1.82) is 0 Å². The quantitative estimate of drug-likeness (QED) is 0.233. The average Bonchev–Trinajstić information content (AvgIpc) is 3.40. The highest BCUT2D eigenvalue weighted by molar-refractivity contribution is 6.18. The van der Waals surface area contributed by atoms with Gasteiger partial charge in [0.05, 0.1) is 5.69 Å². The minimum atomic E-state index is 0.897. The van der Waals surface area contributed by atoms with Gasteiger partial charge in [0.1, 0.15) is 11.2 Å². The van der Waals surface area contributed by atoms with Crippen molar-refractivity contribution in [3.63, 3.8) is 0 Å². The molecule has 0 fully saturated rings. The molecule has 6 aromatic carbocycles. The molecule has 0 N–H and O–H groups in total. The van der Waals surface area contributed by atoms with E-state index in [9.17, 15) is 0 Å². The van der Waals surface area contributed by atoms with Crippen molar-refractivity contribution < 1.29 is 4.42 Å². The Morgan fingerprint density at radius 1 is 0.575 bits per heavy atom. The summed E-state index contributed by atoms with van der Waals surface area (Å²) in [4.78, 5) is 2.33. The number of rotatable bonds is 4. The number of hydrogen-bond acceptors (Lipinski definition) is 2. The summed E-state index contributed by atoms with van der Waals surface area (Å²) in [7, 11) is 0. The van der Waals surface area contributed by atoms with Gasteiger partial charge in [-0.3, -0.25) is 0 Å². The van der Waals surface area contributed by atoms with E-state index < -0.39 is 0 Å². The predicted octanol–water partition coefficient (Wildman–Crippen LogP) is 11.1. The Morgan fingerprint density at radius 2 is 1.35 bits per heavy atom. The van der Waals surface area contributed by atoms with Crippen LogP contribution in [0, 0.1) is 0 Å². The maximum absolute atomic E-state index is 6.70. The third kappa shape index (κ3) is 3.65. The Kier molecular flexibility index (Phi) is 5.31. The third-order valence-corrected chi connectivity index (χ3v) is 8.10. The van der Waals surface area contributed by atoms with Gasteiger partial charge < -0.3 is 9.32 Å². The number of para-hydroxylation sites is 1. The van der Waals surface area contributed by atoms with Gasteiger partial charge in [0, 0.05) is 39.0 Å². The maximum atomic E-state index is 6.70. The fourth-order valence-corrected chi connectivity index (χ4v) is 6.23. The van der Waals surface area contributed by atoms with E-state index in [0.29, 0.717) is 0 Å². The molecule has 1 aromatic heterocycles. The summed E-state index contributed by atoms with van der Waals surface area (Å²) >= 11 is 0. The van der Waals surface area contributed by atoms with Crippen LogP contribution >= 0.6 is 0 Å². The number of fused-ring (bicyclic) bond motifs is 6. The monoisotopic (exact) mass is 513 g/mol. The van der Waals surface area contributed by atoms with Crippen LogP contribution in [-0.2, 0) is 0 Å². The van der Waals surface area contributed by atoms with Crippen LogP contribution in [0.25, 0.3) is 49.1 Å². The molecule has 0 saturated heterocycles. The molecule has 0 spiro atoms. The summed E-state index contributed by atoms with van der Waals surface area (Å²) < 4.78 is 6.70. The van der Waals surface area contributed by atoms with Gasteiger partial charge in [-0.2, -0.15) is 0 Å². The lowest BCUT2D eigenvalue weighted by Crippen LogP contribution is -2.10. The van der Waals surface area contributed by atoms with Crippen molar-refractivity contribution in [3.05, 3.63) is 145 Å². The van der Waals surface area contributed by atoms with Crippen LogP contribution in [0.15, 0.2) is 144 Å². The van der Waals surface area contributed by atoms with Gasteiger partial charge in [0.25, 0.3) is 0 Å². The molecule has 1 aliphatic carbocycles. The third-order valence-electron chi connectivity index (χ3n) is 8.10. The molecule has 0 unspecified atom stereocenters. The molecular weight excluding hydrogens is 486 g/mol. The van der Waals surface area contributed by atoms with Gasteiger partial charge in [-0.15, -0.1) is 0 Å². The number of nitrogens with zero attached hydrogens (tertiary/aromatic N) is 1. The Balaban J connectivity index is 1.37. The second kappa shape index (κ2) is 9.29. The summed E-state index contributed by atoms with van der Waals surface area (Å²) in [5.41, 5.74) is 7.87. The molecule has 0 amide bonds. The van der Waals surface area contributed by atoms with Gasteiger partial charge in [-0.1, -0.05) is 97.1 Å². The Labute approximate surface area is 233 Å². The number of hydrogen-bond donors (Lipinski definition) is 0. The lowest BCUT2D eigenvalue weighted by molar-refractivity contribution is 0.672. The van der Waals surface area contributed by atoms with Gasteiger partial charge in [0.15, 0.2) is 0 Å². The highest BCUT2D eigenvalue weighted by Crippen LogP contribution is 2.43. The van der Waals surface area contributed by atoms with Crippen molar-refractivity contribution in [2.24, 2.45) is 0 Å². The van der Waals surface area contributed by atoms with E-state index in [0.717, 1.165) is 51.8 Å². The van der Waals surface area contributed by atoms with Crippen molar-refractivity contribution in [1.82, 2.24) is 0 Å². The molecular formula is C38H27NO. The van der Waals surface area contributed by atoms with Gasteiger partial charge in [-0.25, -0.2) is 0 Å². The van der Waals surface area contributed by atoms with Crippen LogP contribution in [0.4, 0.5) is 17.1 Å². The van der Waals surface area contributed by atoms with Crippen LogP contribution in [-0.4, -0.2) is 0 Å². The van der Waals surface area contributed by atoms with Crippen LogP contribution in [0.2, 0.25) is 0 Å². The summed E-state index contributed by atoms with van der Waals surface area (Å²) in [6.45, 7) is 0. The highest BCUT2D eigenvalue weighted by Gasteiger charge is 2.19. The van der Waals surface area contributed by atoms with Crippen LogP contribution in [0.1, 0.15) is 18.4 Å². The summed E-state index contributed by atoms with van der Waals surface area (Å²) in [6, 6.07) is 43.3. The van der Waals surface area contributed by atoms with Gasteiger partial charge >= 0.3 is 0 Å². The summed E-state index contributed by atoms with van der Waals surface area (Å²) in [5.74, 6) is 0. The highest BCUT2D eigenvalue weighted by atomic mass is 16.3. The van der Waals surface area contributed by atoms with E-state index in [1.807, 2.05) is 0 Å². The topological polar surface area (TPSA) is 16.4 Å². The number of furan rings is 1. The van der Waals surface area contributed by atoms with E-state index in [-0.39, 0.29) is 0 Å². The molecule has 40 heavy (non-hydrogen) atoms. The summed E-state index contributed by atoms with van der Waals surface area (Å²) in [6.07, 6.45) is 8.83. The zero-order valence-corrected chi connectivity index (χ0v) is 22.0. The van der Waals surface area contributed by atoms with E-state index in [1.54, 1.807) is 0 Å². The maximum Gasteiger partial charge on any atom is 0.143 e. The zero-order chi connectivity index (χ0) is 26.5. The standard InChI is InChI=1S/C38H27NO/c1-3-12-27(13-4-1)34-25-35-32-23-22-29(24-37(32)40-38(35)33-20-10-9-19-31(33)34)39(28-16-5-2-6-17-28)36-21-11-15-26-14-7-8-18-30(26)36/h1-3,5-12,14-25H,4,13H2. The molecule has 0 atom stereocenters. The summed E-state index contributed by atoms with van der Waals surface area (Å²) in [5, 5.41) is 7.15. The van der Waals surface area contributed by atoms with Crippen molar-refractivity contribution in [2.45, 2.75) is 12.8 Å². The molecule has 1 aliphatic rings. The predicted molar refractivity (Wildman–Crippen MR) is 170 cm³/mol. The Bertz CT molecular complexity index is 2110. The number of benzene rings is 6. The lowest BCUT2D eigenvalue weighted by Gasteiger charge is -2.26. The van der Waals surface area contributed by atoms with Crippen molar-refractivity contribution in [3.8, 4) is 0 Å².